The van der Waals surface area contributed by atoms with Crippen molar-refractivity contribution in [2.45, 2.75) is 20.8 Å². The lowest BCUT2D eigenvalue weighted by molar-refractivity contribution is 0.102. The molecule has 0 unspecified atom stereocenters. The first-order valence-corrected chi connectivity index (χ1v) is 8.82. The van der Waals surface area contributed by atoms with Crippen molar-refractivity contribution in [2.75, 3.05) is 5.32 Å². The molecular weight excluding hydrogens is 354 g/mol. The van der Waals surface area contributed by atoms with Crippen molar-refractivity contribution in [2.24, 2.45) is 0 Å². The Morgan fingerprint density at radius 1 is 0.929 bits per heavy atom. The number of aryl methyl sites for hydroxylation is 3. The Morgan fingerprint density at radius 3 is 2.36 bits per heavy atom. The van der Waals surface area contributed by atoms with Gasteiger partial charge in [-0.3, -0.25) is 4.79 Å². The molecular formula is C20H19N7O. The SMILES string of the molecule is Cc1cc(C)n(-c2ccc(C(=O)Nc3cccc(-n4nnnc4C)c3)cc2)n1. The van der Waals surface area contributed by atoms with Crippen LogP contribution in [0.3, 0.4) is 0 Å². The molecule has 0 saturated heterocycles. The summed E-state index contributed by atoms with van der Waals surface area (Å²) in [4.78, 5) is 12.6. The Bertz CT molecular complexity index is 1140. The summed E-state index contributed by atoms with van der Waals surface area (Å²) in [5.74, 6) is 0.480. The lowest BCUT2D eigenvalue weighted by Crippen LogP contribution is -2.12. The van der Waals surface area contributed by atoms with Crippen molar-refractivity contribution < 1.29 is 4.79 Å². The molecule has 28 heavy (non-hydrogen) atoms. The number of anilines is 1. The smallest absolute Gasteiger partial charge is 0.255 e. The van der Waals surface area contributed by atoms with E-state index in [-0.39, 0.29) is 5.91 Å². The summed E-state index contributed by atoms with van der Waals surface area (Å²) in [5.41, 5.74) is 4.93. The second kappa shape index (κ2) is 7.07. The van der Waals surface area contributed by atoms with Crippen molar-refractivity contribution in [3.8, 4) is 11.4 Å². The molecule has 0 atom stereocenters. The second-order valence-electron chi connectivity index (χ2n) is 6.53. The molecule has 0 fully saturated rings. The number of hydrogen-bond donors (Lipinski definition) is 1. The number of rotatable bonds is 4. The van der Waals surface area contributed by atoms with E-state index in [2.05, 4.69) is 25.9 Å². The first kappa shape index (κ1) is 17.6. The molecule has 1 N–H and O–H groups in total. The maximum absolute atomic E-state index is 12.6. The first-order valence-electron chi connectivity index (χ1n) is 8.82. The van der Waals surface area contributed by atoms with Gasteiger partial charge in [-0.1, -0.05) is 6.07 Å². The minimum atomic E-state index is -0.189. The second-order valence-corrected chi connectivity index (χ2v) is 6.53. The van der Waals surface area contributed by atoms with Crippen LogP contribution in [0.4, 0.5) is 5.69 Å². The molecule has 0 aliphatic rings. The van der Waals surface area contributed by atoms with Gasteiger partial charge in [0.05, 0.1) is 17.1 Å². The van der Waals surface area contributed by atoms with E-state index < -0.39 is 0 Å². The van der Waals surface area contributed by atoms with E-state index >= 15 is 0 Å². The standard InChI is InChI=1S/C20H19N7O/c1-13-11-14(2)26(23-13)18-9-7-16(8-10-18)20(28)21-17-5-4-6-19(12-17)27-15(3)22-24-25-27/h4-12H,1-3H3,(H,21,28). The fourth-order valence-electron chi connectivity index (χ4n) is 3.03. The number of benzene rings is 2. The van der Waals surface area contributed by atoms with Crippen molar-refractivity contribution in [3.63, 3.8) is 0 Å². The van der Waals surface area contributed by atoms with Crippen LogP contribution in [0.25, 0.3) is 11.4 Å². The zero-order valence-electron chi connectivity index (χ0n) is 15.8. The number of nitrogens with zero attached hydrogens (tertiary/aromatic N) is 6. The summed E-state index contributed by atoms with van der Waals surface area (Å²) in [7, 11) is 0. The van der Waals surface area contributed by atoms with Crippen LogP contribution >= 0.6 is 0 Å². The lowest BCUT2D eigenvalue weighted by Gasteiger charge is -2.09. The monoisotopic (exact) mass is 373 g/mol. The molecule has 4 aromatic rings. The molecule has 0 aliphatic carbocycles. The summed E-state index contributed by atoms with van der Waals surface area (Å²) in [6.07, 6.45) is 0. The van der Waals surface area contributed by atoms with Crippen molar-refractivity contribution in [3.05, 3.63) is 77.4 Å². The average molecular weight is 373 g/mol. The zero-order valence-corrected chi connectivity index (χ0v) is 15.8. The Kier molecular flexibility index (Phi) is 4.44. The number of carbonyl (C=O) groups excluding carboxylic acids is 1. The molecule has 140 valence electrons. The van der Waals surface area contributed by atoms with Crippen LogP contribution < -0.4 is 5.32 Å². The highest BCUT2D eigenvalue weighted by Crippen LogP contribution is 2.17. The highest BCUT2D eigenvalue weighted by Gasteiger charge is 2.10. The number of amides is 1. The Balaban J connectivity index is 1.53. The Labute approximate surface area is 161 Å². The predicted molar refractivity (Wildman–Crippen MR) is 105 cm³/mol. The minimum absolute atomic E-state index is 0.189. The van der Waals surface area contributed by atoms with E-state index in [0.717, 1.165) is 22.8 Å². The Morgan fingerprint density at radius 2 is 1.71 bits per heavy atom. The van der Waals surface area contributed by atoms with E-state index in [0.29, 0.717) is 17.1 Å². The van der Waals surface area contributed by atoms with Crippen LogP contribution in [0, 0.1) is 20.8 Å². The van der Waals surface area contributed by atoms with Crippen LogP contribution in [0.2, 0.25) is 0 Å². The number of carbonyl (C=O) groups is 1. The van der Waals surface area contributed by atoms with E-state index in [1.807, 2.05) is 67.9 Å². The largest absolute Gasteiger partial charge is 0.322 e. The van der Waals surface area contributed by atoms with Gasteiger partial charge in [-0.15, -0.1) is 5.10 Å². The van der Waals surface area contributed by atoms with E-state index in [1.165, 1.54) is 0 Å². The molecule has 4 rings (SSSR count). The van der Waals surface area contributed by atoms with Crippen LogP contribution in [-0.2, 0) is 0 Å². The van der Waals surface area contributed by atoms with Gasteiger partial charge in [0.15, 0.2) is 5.82 Å². The number of aromatic nitrogens is 6. The summed E-state index contributed by atoms with van der Waals surface area (Å²) in [5, 5.41) is 18.8. The number of hydrogen-bond acceptors (Lipinski definition) is 5. The molecule has 2 heterocycles. The highest BCUT2D eigenvalue weighted by molar-refractivity contribution is 6.04. The van der Waals surface area contributed by atoms with Gasteiger partial charge in [0.2, 0.25) is 0 Å². The molecule has 1 amide bonds. The summed E-state index contributed by atoms with van der Waals surface area (Å²) in [6, 6.07) is 16.7. The van der Waals surface area contributed by atoms with Crippen LogP contribution in [0.1, 0.15) is 27.6 Å². The Hall–Kier alpha value is -3.81. The van der Waals surface area contributed by atoms with Gasteiger partial charge in [0.1, 0.15) is 0 Å². The van der Waals surface area contributed by atoms with E-state index in [1.54, 1.807) is 16.8 Å². The number of tetrazole rings is 1. The minimum Gasteiger partial charge on any atom is -0.322 e. The molecule has 2 aromatic carbocycles. The third kappa shape index (κ3) is 3.39. The molecule has 8 heteroatoms. The van der Waals surface area contributed by atoms with E-state index in [4.69, 9.17) is 0 Å². The van der Waals surface area contributed by atoms with Crippen LogP contribution in [0.15, 0.2) is 54.6 Å². The number of nitrogens with one attached hydrogen (secondary N) is 1. The first-order chi connectivity index (χ1) is 13.5. The maximum Gasteiger partial charge on any atom is 0.255 e. The van der Waals surface area contributed by atoms with Gasteiger partial charge in [-0.05, 0) is 79.7 Å². The summed E-state index contributed by atoms with van der Waals surface area (Å²) < 4.78 is 3.47. The van der Waals surface area contributed by atoms with Gasteiger partial charge in [-0.2, -0.15) is 9.78 Å². The molecule has 8 nitrogen and oxygen atoms in total. The van der Waals surface area contributed by atoms with Gasteiger partial charge in [-0.25, -0.2) is 4.68 Å². The normalized spacial score (nSPS) is 10.8. The van der Waals surface area contributed by atoms with Crippen LogP contribution in [-0.4, -0.2) is 35.9 Å². The topological polar surface area (TPSA) is 90.5 Å². The molecule has 0 aliphatic heterocycles. The van der Waals surface area contributed by atoms with Crippen molar-refractivity contribution in [1.82, 2.24) is 30.0 Å². The molecule has 0 radical (unpaired) electrons. The fourth-order valence-corrected chi connectivity index (χ4v) is 3.03. The predicted octanol–water partition coefficient (Wildman–Crippen LogP) is 3.03. The van der Waals surface area contributed by atoms with E-state index in [9.17, 15) is 4.79 Å². The highest BCUT2D eigenvalue weighted by atomic mass is 16.1. The lowest BCUT2D eigenvalue weighted by atomic mass is 10.2. The fraction of sp³-hybridized carbons (Fsp3) is 0.150. The van der Waals surface area contributed by atoms with Gasteiger partial charge in [0.25, 0.3) is 5.91 Å². The quantitative estimate of drug-likeness (QED) is 0.594. The molecule has 0 saturated carbocycles. The average Bonchev–Trinajstić information content (AvgIpc) is 3.26. The maximum atomic E-state index is 12.6. The molecule has 0 spiro atoms. The van der Waals surface area contributed by atoms with Crippen LogP contribution in [0.5, 0.6) is 0 Å². The third-order valence-corrected chi connectivity index (χ3v) is 4.36. The van der Waals surface area contributed by atoms with Crippen molar-refractivity contribution in [1.29, 1.82) is 0 Å². The third-order valence-electron chi connectivity index (χ3n) is 4.36. The molecule has 0 bridgehead atoms. The van der Waals surface area contributed by atoms with Gasteiger partial charge in [0, 0.05) is 16.9 Å². The zero-order chi connectivity index (χ0) is 19.7. The summed E-state index contributed by atoms with van der Waals surface area (Å²) in [6.45, 7) is 5.77. The van der Waals surface area contributed by atoms with Gasteiger partial charge < -0.3 is 5.32 Å². The van der Waals surface area contributed by atoms with Crippen molar-refractivity contribution >= 4 is 11.6 Å². The van der Waals surface area contributed by atoms with Gasteiger partial charge >= 0.3 is 0 Å². The summed E-state index contributed by atoms with van der Waals surface area (Å²) >= 11 is 0. The molecule has 2 aromatic heterocycles.